The fraction of sp³-hybridized carbons (Fsp3) is 0.818. The smallest absolute Gasteiger partial charge is 0.152 e. The van der Waals surface area contributed by atoms with E-state index in [2.05, 4.69) is 15.4 Å². The molecule has 2 unspecified atom stereocenters. The van der Waals surface area contributed by atoms with Crippen LogP contribution >= 0.6 is 0 Å². The van der Waals surface area contributed by atoms with Crippen LogP contribution in [-0.4, -0.2) is 27.4 Å². The molecule has 2 aliphatic heterocycles. The van der Waals surface area contributed by atoms with Crippen LogP contribution in [0.3, 0.4) is 0 Å². The molecule has 0 bridgehead atoms. The quantitative estimate of drug-likeness (QED) is 0.757. The molecule has 3 heterocycles. The van der Waals surface area contributed by atoms with E-state index in [4.69, 9.17) is 5.73 Å². The summed E-state index contributed by atoms with van der Waals surface area (Å²) in [5.41, 5.74) is 6.03. The predicted molar refractivity (Wildman–Crippen MR) is 60.9 cm³/mol. The van der Waals surface area contributed by atoms with E-state index in [0.29, 0.717) is 6.04 Å². The lowest BCUT2D eigenvalue weighted by atomic mass is 10.1. The van der Waals surface area contributed by atoms with Gasteiger partial charge in [0.05, 0.1) is 6.04 Å². The second-order valence-corrected chi connectivity index (χ2v) is 4.86. The van der Waals surface area contributed by atoms with Crippen molar-refractivity contribution >= 4 is 0 Å². The molecule has 1 aromatic heterocycles. The minimum absolute atomic E-state index is 0.0894. The lowest BCUT2D eigenvalue weighted by molar-refractivity contribution is 0.421. The first-order valence-electron chi connectivity index (χ1n) is 6.25. The standard InChI is InChI=1S/C11H19N5/c12-9-4-2-6-16-11(9)14-10(15-16)7-8-3-1-5-13-8/h8-9,13H,1-7,12H2. The number of aryl methyl sites for hydroxylation is 1. The maximum atomic E-state index is 6.03. The SMILES string of the molecule is NC1CCCn2nc(CC3CCCN3)nc21. The van der Waals surface area contributed by atoms with Crippen LogP contribution in [0.25, 0.3) is 0 Å². The number of nitrogens with one attached hydrogen (secondary N) is 1. The van der Waals surface area contributed by atoms with E-state index in [1.165, 1.54) is 12.8 Å². The van der Waals surface area contributed by atoms with Gasteiger partial charge in [-0.15, -0.1) is 0 Å². The van der Waals surface area contributed by atoms with E-state index in [1.54, 1.807) is 0 Å². The summed E-state index contributed by atoms with van der Waals surface area (Å²) in [7, 11) is 0. The second kappa shape index (κ2) is 4.14. The molecule has 0 amide bonds. The number of rotatable bonds is 2. The number of hydrogen-bond donors (Lipinski definition) is 2. The zero-order valence-electron chi connectivity index (χ0n) is 9.52. The van der Waals surface area contributed by atoms with Crippen molar-refractivity contribution in [1.82, 2.24) is 20.1 Å². The average Bonchev–Trinajstić information content (AvgIpc) is 2.88. The number of hydrogen-bond acceptors (Lipinski definition) is 4. The van der Waals surface area contributed by atoms with Crippen molar-refractivity contribution in [2.24, 2.45) is 5.73 Å². The van der Waals surface area contributed by atoms with Crippen molar-refractivity contribution in [3.05, 3.63) is 11.6 Å². The number of aromatic nitrogens is 3. The van der Waals surface area contributed by atoms with E-state index in [1.807, 2.05) is 4.68 Å². The van der Waals surface area contributed by atoms with Gasteiger partial charge < -0.3 is 11.1 Å². The third kappa shape index (κ3) is 1.85. The lowest BCUT2D eigenvalue weighted by Gasteiger charge is -2.17. The molecule has 0 radical (unpaired) electrons. The molecule has 0 spiro atoms. The summed E-state index contributed by atoms with van der Waals surface area (Å²) in [5, 5.41) is 8.03. The highest BCUT2D eigenvalue weighted by molar-refractivity contribution is 5.02. The number of nitrogens with two attached hydrogens (primary N) is 1. The molecule has 5 heteroatoms. The highest BCUT2D eigenvalue weighted by Crippen LogP contribution is 2.21. The van der Waals surface area contributed by atoms with Gasteiger partial charge in [-0.3, -0.25) is 0 Å². The van der Waals surface area contributed by atoms with E-state index >= 15 is 0 Å². The first kappa shape index (κ1) is 10.2. The third-order valence-corrected chi connectivity index (χ3v) is 3.55. The summed E-state index contributed by atoms with van der Waals surface area (Å²) in [5.74, 6) is 1.95. The summed E-state index contributed by atoms with van der Waals surface area (Å²) in [6, 6.07) is 0.659. The van der Waals surface area contributed by atoms with Gasteiger partial charge in [0, 0.05) is 19.0 Å². The largest absolute Gasteiger partial charge is 0.321 e. The first-order valence-corrected chi connectivity index (χ1v) is 6.25. The van der Waals surface area contributed by atoms with Crippen LogP contribution in [-0.2, 0) is 13.0 Å². The van der Waals surface area contributed by atoms with E-state index in [0.717, 1.165) is 44.0 Å². The maximum absolute atomic E-state index is 6.03. The Hall–Kier alpha value is -0.940. The molecule has 5 nitrogen and oxygen atoms in total. The minimum atomic E-state index is 0.0894. The van der Waals surface area contributed by atoms with Gasteiger partial charge in [0.2, 0.25) is 0 Å². The van der Waals surface area contributed by atoms with Gasteiger partial charge in [-0.25, -0.2) is 9.67 Å². The second-order valence-electron chi connectivity index (χ2n) is 4.86. The molecule has 1 saturated heterocycles. The molecular weight excluding hydrogens is 202 g/mol. The third-order valence-electron chi connectivity index (χ3n) is 3.55. The Morgan fingerprint density at radius 3 is 3.06 bits per heavy atom. The summed E-state index contributed by atoms with van der Waals surface area (Å²) >= 11 is 0. The van der Waals surface area contributed by atoms with Crippen molar-refractivity contribution in [3.8, 4) is 0 Å². The Balaban J connectivity index is 1.75. The van der Waals surface area contributed by atoms with Crippen molar-refractivity contribution in [3.63, 3.8) is 0 Å². The Morgan fingerprint density at radius 1 is 1.38 bits per heavy atom. The van der Waals surface area contributed by atoms with E-state index in [9.17, 15) is 0 Å². The van der Waals surface area contributed by atoms with Crippen LogP contribution in [0.1, 0.15) is 43.4 Å². The molecule has 16 heavy (non-hydrogen) atoms. The molecule has 0 aromatic carbocycles. The van der Waals surface area contributed by atoms with Gasteiger partial charge in [-0.2, -0.15) is 5.10 Å². The van der Waals surface area contributed by atoms with E-state index < -0.39 is 0 Å². The fourth-order valence-electron chi connectivity index (χ4n) is 2.67. The summed E-state index contributed by atoms with van der Waals surface area (Å²) in [6.45, 7) is 2.12. The van der Waals surface area contributed by atoms with Gasteiger partial charge in [0.15, 0.2) is 5.82 Å². The molecule has 0 aliphatic carbocycles. The van der Waals surface area contributed by atoms with E-state index in [-0.39, 0.29) is 6.04 Å². The number of nitrogens with zero attached hydrogens (tertiary/aromatic N) is 3. The minimum Gasteiger partial charge on any atom is -0.321 e. The van der Waals surface area contributed by atoms with Crippen molar-refractivity contribution in [2.45, 2.75) is 50.7 Å². The van der Waals surface area contributed by atoms with Crippen LogP contribution in [0.15, 0.2) is 0 Å². The molecular formula is C11H19N5. The van der Waals surface area contributed by atoms with Gasteiger partial charge in [-0.05, 0) is 32.2 Å². The monoisotopic (exact) mass is 221 g/mol. The van der Waals surface area contributed by atoms with Crippen molar-refractivity contribution in [2.75, 3.05) is 6.54 Å². The number of fused-ring (bicyclic) bond motifs is 1. The Morgan fingerprint density at radius 2 is 2.31 bits per heavy atom. The molecule has 1 aromatic rings. The molecule has 2 aliphatic rings. The normalized spacial score (nSPS) is 29.3. The molecule has 88 valence electrons. The van der Waals surface area contributed by atoms with Gasteiger partial charge >= 0.3 is 0 Å². The Labute approximate surface area is 95.4 Å². The lowest BCUT2D eigenvalue weighted by Crippen LogP contribution is -2.24. The molecule has 3 rings (SSSR count). The topological polar surface area (TPSA) is 68.8 Å². The van der Waals surface area contributed by atoms with Crippen LogP contribution in [0.2, 0.25) is 0 Å². The van der Waals surface area contributed by atoms with Crippen LogP contribution < -0.4 is 11.1 Å². The molecule has 0 saturated carbocycles. The molecule has 2 atom stereocenters. The zero-order chi connectivity index (χ0) is 11.0. The molecule has 1 fully saturated rings. The fourth-order valence-corrected chi connectivity index (χ4v) is 2.67. The van der Waals surface area contributed by atoms with Gasteiger partial charge in [-0.1, -0.05) is 0 Å². The van der Waals surface area contributed by atoms with Gasteiger partial charge in [0.1, 0.15) is 5.82 Å². The van der Waals surface area contributed by atoms with Crippen LogP contribution in [0.5, 0.6) is 0 Å². The van der Waals surface area contributed by atoms with Gasteiger partial charge in [0.25, 0.3) is 0 Å². The van der Waals surface area contributed by atoms with Crippen LogP contribution in [0.4, 0.5) is 0 Å². The van der Waals surface area contributed by atoms with Crippen molar-refractivity contribution < 1.29 is 0 Å². The highest BCUT2D eigenvalue weighted by atomic mass is 15.4. The zero-order valence-corrected chi connectivity index (χ0v) is 9.52. The summed E-state index contributed by atoms with van der Waals surface area (Å²) in [6.07, 6.45) is 5.64. The Bertz CT molecular complexity index is 366. The highest BCUT2D eigenvalue weighted by Gasteiger charge is 2.23. The maximum Gasteiger partial charge on any atom is 0.152 e. The Kier molecular flexibility index (Phi) is 2.65. The summed E-state index contributed by atoms with van der Waals surface area (Å²) < 4.78 is 2.00. The molecule has 3 N–H and O–H groups in total. The first-order chi connectivity index (χ1) is 7.83. The summed E-state index contributed by atoms with van der Waals surface area (Å²) in [4.78, 5) is 4.58. The predicted octanol–water partition coefficient (Wildman–Crippen LogP) is 0.366. The van der Waals surface area contributed by atoms with Crippen LogP contribution in [0, 0.1) is 0 Å². The average molecular weight is 221 g/mol. The van der Waals surface area contributed by atoms with Crippen molar-refractivity contribution in [1.29, 1.82) is 0 Å².